The highest BCUT2D eigenvalue weighted by Gasteiger charge is 2.23. The number of ether oxygens (including phenoxy) is 2. The molecule has 0 radical (unpaired) electrons. The van der Waals surface area contributed by atoms with Crippen LogP contribution in [0.1, 0.15) is 6.41 Å². The Labute approximate surface area is 65.2 Å². The molecule has 0 spiro atoms. The Kier molecular flexibility index (Phi) is 1.83. The van der Waals surface area contributed by atoms with Crippen LogP contribution in [0.25, 0.3) is 0 Å². The maximum atomic E-state index is 5.28. The molecule has 1 saturated heterocycles. The van der Waals surface area contributed by atoms with Gasteiger partial charge in [0.05, 0.1) is 13.2 Å². The average Bonchev–Trinajstić information content (AvgIpc) is 2.58. The number of rotatable bonds is 1. The van der Waals surface area contributed by atoms with Crippen LogP contribution in [0, 0.1) is 0 Å². The number of aromatic nitrogens is 1. The Balaban J connectivity index is 2.16. The van der Waals surface area contributed by atoms with E-state index in [-0.39, 0.29) is 6.41 Å². The predicted molar refractivity (Wildman–Crippen MR) is 37.6 cm³/mol. The topological polar surface area (TPSA) is 22.3 Å². The molecule has 2 heterocycles. The molecule has 1 aliphatic heterocycles. The van der Waals surface area contributed by atoms with Crippen molar-refractivity contribution in [2.45, 2.75) is 6.41 Å². The minimum Gasteiger partial charge on any atom is -0.295 e. The van der Waals surface area contributed by atoms with Gasteiger partial charge < -0.3 is 0 Å². The molecular formula is C8H10NO2+. The third kappa shape index (κ3) is 1.39. The summed E-state index contributed by atoms with van der Waals surface area (Å²) in [5, 5.41) is 0. The lowest BCUT2D eigenvalue weighted by atomic mass is 10.5. The van der Waals surface area contributed by atoms with Crippen LogP contribution in [0.4, 0.5) is 0 Å². The van der Waals surface area contributed by atoms with E-state index in [0.29, 0.717) is 13.2 Å². The first-order chi connectivity index (χ1) is 5.47. The maximum absolute atomic E-state index is 5.28. The van der Waals surface area contributed by atoms with Crippen LogP contribution in [0.5, 0.6) is 0 Å². The van der Waals surface area contributed by atoms with E-state index in [0.717, 1.165) is 0 Å². The van der Waals surface area contributed by atoms with Gasteiger partial charge in [-0.2, -0.15) is 4.57 Å². The quantitative estimate of drug-likeness (QED) is 0.546. The smallest absolute Gasteiger partial charge is 0.295 e. The highest BCUT2D eigenvalue weighted by molar-refractivity contribution is 4.83. The summed E-state index contributed by atoms with van der Waals surface area (Å²) in [4.78, 5) is 0. The number of nitrogens with zero attached hydrogens (tertiary/aromatic N) is 1. The minimum atomic E-state index is -0.212. The van der Waals surface area contributed by atoms with E-state index in [1.807, 2.05) is 35.2 Å². The van der Waals surface area contributed by atoms with Crippen molar-refractivity contribution < 1.29 is 14.0 Å². The van der Waals surface area contributed by atoms with Crippen molar-refractivity contribution in [3.8, 4) is 0 Å². The van der Waals surface area contributed by atoms with Crippen molar-refractivity contribution in [1.82, 2.24) is 0 Å². The van der Waals surface area contributed by atoms with Crippen LogP contribution in [-0.4, -0.2) is 13.2 Å². The van der Waals surface area contributed by atoms with Crippen LogP contribution < -0.4 is 4.57 Å². The molecule has 0 saturated carbocycles. The molecule has 58 valence electrons. The molecule has 1 aliphatic rings. The van der Waals surface area contributed by atoms with Crippen LogP contribution in [0.2, 0.25) is 0 Å². The fourth-order valence-corrected chi connectivity index (χ4v) is 1.07. The van der Waals surface area contributed by atoms with Gasteiger partial charge >= 0.3 is 6.41 Å². The molecule has 1 aromatic heterocycles. The molecule has 2 rings (SSSR count). The molecule has 1 fully saturated rings. The van der Waals surface area contributed by atoms with E-state index in [1.54, 1.807) is 0 Å². The standard InChI is InChI=1S/C8H10NO2/c1-2-4-9(5-3-1)8-10-6-7-11-8/h1-5,8H,6-7H2/q+1. The zero-order chi connectivity index (χ0) is 7.52. The number of hydrogen-bond donors (Lipinski definition) is 0. The normalized spacial score (nSPS) is 18.9. The van der Waals surface area contributed by atoms with Crippen molar-refractivity contribution in [3.63, 3.8) is 0 Å². The van der Waals surface area contributed by atoms with Crippen molar-refractivity contribution in [2.24, 2.45) is 0 Å². The maximum Gasteiger partial charge on any atom is 0.381 e. The second-order valence-electron chi connectivity index (χ2n) is 2.37. The SMILES string of the molecule is c1cc[n+](C2OCCO2)cc1. The van der Waals surface area contributed by atoms with Gasteiger partial charge in [0.25, 0.3) is 0 Å². The largest absolute Gasteiger partial charge is 0.381 e. The Morgan fingerprint density at radius 1 is 1.00 bits per heavy atom. The van der Waals surface area contributed by atoms with Crippen molar-refractivity contribution in [1.29, 1.82) is 0 Å². The molecule has 0 unspecified atom stereocenters. The molecule has 0 N–H and O–H groups in total. The molecule has 1 aromatic rings. The molecule has 3 heteroatoms. The van der Waals surface area contributed by atoms with E-state index >= 15 is 0 Å². The number of pyridine rings is 1. The first-order valence-electron chi connectivity index (χ1n) is 3.66. The Hall–Kier alpha value is -0.930. The van der Waals surface area contributed by atoms with E-state index in [1.165, 1.54) is 0 Å². The summed E-state index contributed by atoms with van der Waals surface area (Å²) in [6.45, 7) is 1.37. The summed E-state index contributed by atoms with van der Waals surface area (Å²) in [5.41, 5.74) is 0. The molecular weight excluding hydrogens is 142 g/mol. The highest BCUT2D eigenvalue weighted by atomic mass is 16.7. The van der Waals surface area contributed by atoms with Gasteiger partial charge in [-0.3, -0.25) is 9.47 Å². The predicted octanol–water partition coefficient (Wildman–Crippen LogP) is 0.477. The molecule has 0 amide bonds. The monoisotopic (exact) mass is 152 g/mol. The van der Waals surface area contributed by atoms with Gasteiger partial charge in [0.2, 0.25) is 0 Å². The van der Waals surface area contributed by atoms with Gasteiger partial charge in [-0.25, -0.2) is 0 Å². The van der Waals surface area contributed by atoms with Gasteiger partial charge in [-0.1, -0.05) is 6.07 Å². The van der Waals surface area contributed by atoms with Crippen LogP contribution in [0.15, 0.2) is 30.6 Å². The fourth-order valence-electron chi connectivity index (χ4n) is 1.07. The highest BCUT2D eigenvalue weighted by Crippen LogP contribution is 2.07. The zero-order valence-corrected chi connectivity index (χ0v) is 6.14. The summed E-state index contributed by atoms with van der Waals surface area (Å²) in [6, 6.07) is 5.86. The van der Waals surface area contributed by atoms with Gasteiger partial charge in [0.1, 0.15) is 0 Å². The summed E-state index contributed by atoms with van der Waals surface area (Å²) < 4.78 is 12.5. The lowest BCUT2D eigenvalue weighted by Gasteiger charge is -2.00. The Bertz CT molecular complexity index is 219. The van der Waals surface area contributed by atoms with Crippen LogP contribution >= 0.6 is 0 Å². The average molecular weight is 152 g/mol. The molecule has 0 aliphatic carbocycles. The summed E-state index contributed by atoms with van der Waals surface area (Å²) >= 11 is 0. The second kappa shape index (κ2) is 2.98. The number of hydrogen-bond acceptors (Lipinski definition) is 2. The van der Waals surface area contributed by atoms with Crippen molar-refractivity contribution in [2.75, 3.05) is 13.2 Å². The molecule has 0 bridgehead atoms. The summed E-state index contributed by atoms with van der Waals surface area (Å²) in [5.74, 6) is 0. The lowest BCUT2D eigenvalue weighted by Crippen LogP contribution is -2.38. The minimum absolute atomic E-state index is 0.212. The van der Waals surface area contributed by atoms with Gasteiger partial charge in [-0.05, 0) is 0 Å². The summed E-state index contributed by atoms with van der Waals surface area (Å²) in [6.07, 6.45) is 3.64. The zero-order valence-electron chi connectivity index (χ0n) is 6.14. The first-order valence-corrected chi connectivity index (χ1v) is 3.66. The van der Waals surface area contributed by atoms with E-state index < -0.39 is 0 Å². The van der Waals surface area contributed by atoms with Crippen molar-refractivity contribution in [3.05, 3.63) is 30.6 Å². The lowest BCUT2D eigenvalue weighted by molar-refractivity contribution is -0.795. The third-order valence-corrected chi connectivity index (χ3v) is 1.59. The Morgan fingerprint density at radius 3 is 2.27 bits per heavy atom. The van der Waals surface area contributed by atoms with Crippen LogP contribution in [0.3, 0.4) is 0 Å². The molecule has 0 aromatic carbocycles. The van der Waals surface area contributed by atoms with Gasteiger partial charge in [0, 0.05) is 12.1 Å². The van der Waals surface area contributed by atoms with Crippen molar-refractivity contribution >= 4 is 0 Å². The van der Waals surface area contributed by atoms with Gasteiger partial charge in [-0.15, -0.1) is 0 Å². The third-order valence-electron chi connectivity index (χ3n) is 1.59. The molecule has 0 atom stereocenters. The Morgan fingerprint density at radius 2 is 1.64 bits per heavy atom. The van der Waals surface area contributed by atoms with Crippen LogP contribution in [-0.2, 0) is 9.47 Å². The summed E-state index contributed by atoms with van der Waals surface area (Å²) in [7, 11) is 0. The van der Waals surface area contributed by atoms with E-state index in [9.17, 15) is 0 Å². The first kappa shape index (κ1) is 6.76. The van der Waals surface area contributed by atoms with Gasteiger partial charge in [0.15, 0.2) is 12.4 Å². The molecule has 3 nitrogen and oxygen atoms in total. The van der Waals surface area contributed by atoms with E-state index in [2.05, 4.69) is 0 Å². The fraction of sp³-hybridized carbons (Fsp3) is 0.375. The second-order valence-corrected chi connectivity index (χ2v) is 2.37. The molecule has 11 heavy (non-hydrogen) atoms. The van der Waals surface area contributed by atoms with E-state index in [4.69, 9.17) is 9.47 Å².